The van der Waals surface area contributed by atoms with Crippen LogP contribution in [0.1, 0.15) is 67.2 Å². The minimum absolute atomic E-state index is 0.348. The summed E-state index contributed by atoms with van der Waals surface area (Å²) >= 11 is 0. The van der Waals surface area contributed by atoms with Gasteiger partial charge in [-0.15, -0.1) is 0 Å². The van der Waals surface area contributed by atoms with Gasteiger partial charge in [-0.25, -0.2) is 0 Å². The van der Waals surface area contributed by atoms with Crippen LogP contribution in [-0.4, -0.2) is 37.1 Å². The van der Waals surface area contributed by atoms with Crippen molar-refractivity contribution in [2.45, 2.75) is 73.3 Å². The lowest BCUT2D eigenvalue weighted by molar-refractivity contribution is 0.0889. The first-order valence-electron chi connectivity index (χ1n) is 8.26. The van der Waals surface area contributed by atoms with Crippen molar-refractivity contribution in [3.8, 4) is 0 Å². The van der Waals surface area contributed by atoms with Gasteiger partial charge < -0.3 is 10.2 Å². The number of rotatable bonds is 6. The maximum absolute atomic E-state index is 3.75. The van der Waals surface area contributed by atoms with Crippen LogP contribution in [0.3, 0.4) is 0 Å². The van der Waals surface area contributed by atoms with E-state index in [0.717, 1.165) is 6.54 Å². The van der Waals surface area contributed by atoms with Crippen molar-refractivity contribution in [1.29, 1.82) is 0 Å². The van der Waals surface area contributed by atoms with Crippen molar-refractivity contribution in [1.82, 2.24) is 10.2 Å². The molecule has 1 aliphatic heterocycles. The fourth-order valence-electron chi connectivity index (χ4n) is 2.85. The molecule has 1 N–H and O–H groups in total. The summed E-state index contributed by atoms with van der Waals surface area (Å²) in [5.41, 5.74) is 0.950. The Labute approximate surface area is 121 Å². The van der Waals surface area contributed by atoms with Crippen molar-refractivity contribution in [3.63, 3.8) is 0 Å². The third-order valence-corrected chi connectivity index (χ3v) is 5.04. The van der Waals surface area contributed by atoms with E-state index < -0.39 is 0 Å². The number of hydrogen-bond acceptors (Lipinski definition) is 2. The average molecular weight is 268 g/mol. The molecule has 1 heterocycles. The maximum atomic E-state index is 3.75. The lowest BCUT2D eigenvalue weighted by atomic mass is 9.77. The minimum Gasteiger partial charge on any atom is -0.312 e. The summed E-state index contributed by atoms with van der Waals surface area (Å²) in [5.74, 6) is 0. The zero-order valence-electron chi connectivity index (χ0n) is 14.2. The van der Waals surface area contributed by atoms with Gasteiger partial charge in [-0.3, -0.25) is 0 Å². The van der Waals surface area contributed by atoms with Crippen LogP contribution in [0.15, 0.2) is 0 Å². The molecule has 19 heavy (non-hydrogen) atoms. The van der Waals surface area contributed by atoms with Crippen LogP contribution >= 0.6 is 0 Å². The lowest BCUT2D eigenvalue weighted by Gasteiger charge is -2.42. The molecule has 0 radical (unpaired) electrons. The Balaban J connectivity index is 2.48. The summed E-state index contributed by atoms with van der Waals surface area (Å²) in [6.07, 6.45) is 5.29. The summed E-state index contributed by atoms with van der Waals surface area (Å²) in [7, 11) is 0. The Bertz CT molecular complexity index is 246. The van der Waals surface area contributed by atoms with Crippen LogP contribution < -0.4 is 5.32 Å². The first-order chi connectivity index (χ1) is 8.80. The van der Waals surface area contributed by atoms with Gasteiger partial charge in [-0.1, -0.05) is 48.0 Å². The van der Waals surface area contributed by atoms with Crippen molar-refractivity contribution < 1.29 is 0 Å². The molecule has 1 aliphatic rings. The quantitative estimate of drug-likeness (QED) is 0.785. The highest BCUT2D eigenvalue weighted by molar-refractivity contribution is 4.87. The van der Waals surface area contributed by atoms with Crippen molar-refractivity contribution >= 4 is 0 Å². The van der Waals surface area contributed by atoms with Crippen LogP contribution in [0.4, 0.5) is 0 Å². The maximum Gasteiger partial charge on any atom is 0.0243 e. The predicted molar refractivity (Wildman–Crippen MR) is 85.6 cm³/mol. The fraction of sp³-hybridized carbons (Fsp3) is 1.00. The molecule has 0 saturated carbocycles. The first kappa shape index (κ1) is 17.0. The van der Waals surface area contributed by atoms with E-state index in [1.54, 1.807) is 0 Å². The largest absolute Gasteiger partial charge is 0.312 e. The van der Waals surface area contributed by atoms with E-state index in [-0.39, 0.29) is 0 Å². The number of nitrogens with zero attached hydrogens (tertiary/aromatic N) is 1. The smallest absolute Gasteiger partial charge is 0.0243 e. The second-order valence-corrected chi connectivity index (χ2v) is 7.84. The van der Waals surface area contributed by atoms with Gasteiger partial charge >= 0.3 is 0 Å². The predicted octanol–water partition coefficient (Wildman–Crippen LogP) is 3.91. The molecule has 2 nitrogen and oxygen atoms in total. The highest BCUT2D eigenvalue weighted by Gasteiger charge is 2.31. The number of hydrogen-bond donors (Lipinski definition) is 1. The van der Waals surface area contributed by atoms with E-state index in [9.17, 15) is 0 Å². The van der Waals surface area contributed by atoms with E-state index in [1.807, 2.05) is 0 Å². The van der Waals surface area contributed by atoms with Crippen LogP contribution in [0.2, 0.25) is 0 Å². The highest BCUT2D eigenvalue weighted by atomic mass is 15.2. The van der Waals surface area contributed by atoms with E-state index in [0.29, 0.717) is 16.9 Å². The van der Waals surface area contributed by atoms with Crippen LogP contribution in [0.5, 0.6) is 0 Å². The molecule has 114 valence electrons. The Morgan fingerprint density at radius 1 is 1.16 bits per heavy atom. The molecule has 0 aliphatic carbocycles. The van der Waals surface area contributed by atoms with Crippen molar-refractivity contribution in [2.75, 3.05) is 26.2 Å². The summed E-state index contributed by atoms with van der Waals surface area (Å²) < 4.78 is 0. The van der Waals surface area contributed by atoms with Crippen molar-refractivity contribution in [3.05, 3.63) is 0 Å². The van der Waals surface area contributed by atoms with Crippen LogP contribution in [-0.2, 0) is 0 Å². The molecule has 0 aromatic carbocycles. The summed E-state index contributed by atoms with van der Waals surface area (Å²) in [4.78, 5) is 2.68. The molecule has 2 heteroatoms. The number of piperidine rings is 1. The molecule has 0 aromatic heterocycles. The average Bonchev–Trinajstić information content (AvgIpc) is 2.35. The third kappa shape index (κ3) is 5.43. The third-order valence-electron chi connectivity index (χ3n) is 5.04. The molecule has 1 unspecified atom stereocenters. The van der Waals surface area contributed by atoms with E-state index in [2.05, 4.69) is 51.8 Å². The van der Waals surface area contributed by atoms with Gasteiger partial charge in [0.1, 0.15) is 0 Å². The van der Waals surface area contributed by atoms with Crippen LogP contribution in [0.25, 0.3) is 0 Å². The Morgan fingerprint density at radius 3 is 2.16 bits per heavy atom. The first-order valence-corrected chi connectivity index (χ1v) is 8.26. The SMILES string of the molecule is CCCNC(CN1CCC(C)(CC)CC1)C(C)(C)C. The molecule has 0 amide bonds. The number of nitrogens with one attached hydrogen (secondary N) is 1. The van der Waals surface area contributed by atoms with Gasteiger partial charge in [0.15, 0.2) is 0 Å². The molecule has 0 bridgehead atoms. The second-order valence-electron chi connectivity index (χ2n) is 7.84. The van der Waals surface area contributed by atoms with Gasteiger partial charge in [0, 0.05) is 12.6 Å². The zero-order chi connectivity index (χ0) is 14.5. The van der Waals surface area contributed by atoms with E-state index in [4.69, 9.17) is 0 Å². The Morgan fingerprint density at radius 2 is 1.74 bits per heavy atom. The summed E-state index contributed by atoms with van der Waals surface area (Å²) in [5, 5.41) is 3.75. The molecule has 0 aromatic rings. The lowest BCUT2D eigenvalue weighted by Crippen LogP contribution is -2.51. The standard InChI is InChI=1S/C17H36N2/c1-7-11-18-15(16(3,4)5)14-19-12-9-17(6,8-2)10-13-19/h15,18H,7-14H2,1-6H3. The van der Waals surface area contributed by atoms with Gasteiger partial charge in [-0.05, 0) is 49.7 Å². The summed E-state index contributed by atoms with van der Waals surface area (Å²) in [6.45, 7) is 19.1. The molecule has 1 atom stereocenters. The Kier molecular flexibility index (Phi) is 6.32. The zero-order valence-corrected chi connectivity index (χ0v) is 14.2. The number of likely N-dealkylation sites (tertiary alicyclic amines) is 1. The van der Waals surface area contributed by atoms with Crippen LogP contribution in [0, 0.1) is 10.8 Å². The second kappa shape index (κ2) is 7.08. The summed E-state index contributed by atoms with van der Waals surface area (Å²) in [6, 6.07) is 0.610. The molecule has 1 fully saturated rings. The van der Waals surface area contributed by atoms with E-state index >= 15 is 0 Å². The van der Waals surface area contributed by atoms with Gasteiger partial charge in [0.2, 0.25) is 0 Å². The normalized spacial score (nSPS) is 22.4. The van der Waals surface area contributed by atoms with Gasteiger partial charge in [0.25, 0.3) is 0 Å². The monoisotopic (exact) mass is 268 g/mol. The van der Waals surface area contributed by atoms with E-state index in [1.165, 1.54) is 45.3 Å². The van der Waals surface area contributed by atoms with Crippen molar-refractivity contribution in [2.24, 2.45) is 10.8 Å². The molecule has 0 spiro atoms. The molecule has 1 rings (SSSR count). The Hall–Kier alpha value is -0.0800. The topological polar surface area (TPSA) is 15.3 Å². The fourth-order valence-corrected chi connectivity index (χ4v) is 2.85. The molecule has 1 saturated heterocycles. The van der Waals surface area contributed by atoms with Gasteiger partial charge in [0.05, 0.1) is 0 Å². The highest BCUT2D eigenvalue weighted by Crippen LogP contribution is 2.34. The minimum atomic E-state index is 0.348. The molecular formula is C17H36N2. The molecular weight excluding hydrogens is 232 g/mol. The van der Waals surface area contributed by atoms with Gasteiger partial charge in [-0.2, -0.15) is 0 Å².